The highest BCUT2D eigenvalue weighted by Crippen LogP contribution is 2.30. The Kier molecular flexibility index (Phi) is 4.50. The Morgan fingerprint density at radius 3 is 2.48 bits per heavy atom. The van der Waals surface area contributed by atoms with Gasteiger partial charge in [0, 0.05) is 12.3 Å². The summed E-state index contributed by atoms with van der Waals surface area (Å²) in [6, 6.07) is 13.1. The highest BCUT2D eigenvalue weighted by Gasteiger charge is 2.30. The highest BCUT2D eigenvalue weighted by molar-refractivity contribution is 5.57. The molecule has 0 unspecified atom stereocenters. The first-order valence-corrected chi connectivity index (χ1v) is 8.41. The van der Waals surface area contributed by atoms with E-state index in [1.807, 2.05) is 0 Å². The highest BCUT2D eigenvalue weighted by atomic mass is 19.4. The van der Waals surface area contributed by atoms with Gasteiger partial charge < -0.3 is 0 Å². The number of alkyl halides is 3. The summed E-state index contributed by atoms with van der Waals surface area (Å²) < 4.78 is 55.6. The van der Waals surface area contributed by atoms with E-state index < -0.39 is 23.0 Å². The Morgan fingerprint density at radius 1 is 0.931 bits per heavy atom. The second-order valence-corrected chi connectivity index (χ2v) is 6.10. The van der Waals surface area contributed by atoms with E-state index in [-0.39, 0.29) is 22.8 Å². The Labute approximate surface area is 161 Å². The summed E-state index contributed by atoms with van der Waals surface area (Å²) in [5.41, 5.74) is -0.951. The van der Waals surface area contributed by atoms with Crippen LogP contribution in [0, 0.1) is 5.82 Å². The molecular weight excluding hydrogens is 388 g/mol. The van der Waals surface area contributed by atoms with E-state index in [1.54, 1.807) is 6.07 Å². The predicted octanol–water partition coefficient (Wildman–Crippen LogP) is 4.24. The minimum absolute atomic E-state index is 0.0781. The van der Waals surface area contributed by atoms with Crippen LogP contribution >= 0.6 is 0 Å². The van der Waals surface area contributed by atoms with Gasteiger partial charge in [-0.1, -0.05) is 18.2 Å². The van der Waals surface area contributed by atoms with E-state index in [4.69, 9.17) is 0 Å². The van der Waals surface area contributed by atoms with E-state index >= 15 is 0 Å². The number of rotatable bonds is 3. The molecule has 29 heavy (non-hydrogen) atoms. The van der Waals surface area contributed by atoms with E-state index in [9.17, 15) is 22.4 Å². The molecule has 4 aromatic rings. The smallest absolute Gasteiger partial charge is 0.287 e. The van der Waals surface area contributed by atoms with Crippen molar-refractivity contribution in [3.63, 3.8) is 0 Å². The van der Waals surface area contributed by atoms with Crippen LogP contribution in [0.3, 0.4) is 0 Å². The number of hydrogen-bond donors (Lipinski definition) is 0. The first-order chi connectivity index (χ1) is 13.8. The lowest BCUT2D eigenvalue weighted by Gasteiger charge is -2.12. The summed E-state index contributed by atoms with van der Waals surface area (Å²) in [5, 5.41) is 8.23. The molecule has 0 saturated heterocycles. The summed E-state index contributed by atoms with van der Waals surface area (Å²) >= 11 is 0. The van der Waals surface area contributed by atoms with Crippen molar-refractivity contribution >= 4 is 0 Å². The van der Waals surface area contributed by atoms with Crippen molar-refractivity contribution in [3.05, 3.63) is 94.7 Å². The Hall–Kier alpha value is -3.75. The van der Waals surface area contributed by atoms with Crippen molar-refractivity contribution in [1.29, 1.82) is 0 Å². The van der Waals surface area contributed by atoms with Crippen molar-refractivity contribution in [1.82, 2.24) is 19.6 Å². The normalized spacial score (nSPS) is 11.6. The average molecular weight is 400 g/mol. The fourth-order valence-corrected chi connectivity index (χ4v) is 2.85. The molecule has 0 amide bonds. The Balaban J connectivity index is 1.84. The standard InChI is InChI=1S/C20H12F4N4O/c21-15-6-1-2-7-16(15)28-17(8-10-25-28)19-18(29)9-11-27(26-19)14-5-3-4-13(12-14)20(22,23)24/h1-12H. The number of aromatic nitrogens is 4. The predicted molar refractivity (Wildman–Crippen MR) is 97.4 cm³/mol. The van der Waals surface area contributed by atoms with Gasteiger partial charge in [0.05, 0.1) is 23.1 Å². The fraction of sp³-hybridized carbons (Fsp3) is 0.0500. The van der Waals surface area contributed by atoms with Crippen molar-refractivity contribution in [2.24, 2.45) is 0 Å². The zero-order valence-corrected chi connectivity index (χ0v) is 14.6. The second-order valence-electron chi connectivity index (χ2n) is 6.10. The summed E-state index contributed by atoms with van der Waals surface area (Å²) in [7, 11) is 0. The van der Waals surface area contributed by atoms with Crippen LogP contribution in [-0.2, 0) is 6.18 Å². The van der Waals surface area contributed by atoms with Crippen molar-refractivity contribution in [2.75, 3.05) is 0 Å². The lowest BCUT2D eigenvalue weighted by atomic mass is 10.2. The molecule has 146 valence electrons. The van der Waals surface area contributed by atoms with Crippen LogP contribution in [0.25, 0.3) is 22.8 Å². The molecule has 0 N–H and O–H groups in total. The van der Waals surface area contributed by atoms with Gasteiger partial charge in [0.2, 0.25) is 5.43 Å². The molecule has 0 bridgehead atoms. The van der Waals surface area contributed by atoms with Gasteiger partial charge in [-0.05, 0) is 36.4 Å². The molecule has 0 radical (unpaired) electrons. The van der Waals surface area contributed by atoms with Crippen LogP contribution < -0.4 is 5.43 Å². The molecule has 0 saturated carbocycles. The second kappa shape index (κ2) is 7.01. The third-order valence-electron chi connectivity index (χ3n) is 4.21. The van der Waals surface area contributed by atoms with Crippen LogP contribution in [0.15, 0.2) is 77.9 Å². The molecule has 0 aliphatic heterocycles. The molecule has 2 heterocycles. The minimum atomic E-state index is -4.51. The molecule has 4 rings (SSSR count). The van der Waals surface area contributed by atoms with Gasteiger partial charge in [-0.15, -0.1) is 0 Å². The molecule has 2 aromatic carbocycles. The van der Waals surface area contributed by atoms with Crippen LogP contribution in [0.2, 0.25) is 0 Å². The molecule has 0 aliphatic rings. The van der Waals surface area contributed by atoms with Gasteiger partial charge in [0.25, 0.3) is 0 Å². The summed E-state index contributed by atoms with van der Waals surface area (Å²) in [6.07, 6.45) is -1.86. The van der Waals surface area contributed by atoms with Gasteiger partial charge in [0.1, 0.15) is 11.5 Å². The maximum absolute atomic E-state index is 14.2. The zero-order valence-electron chi connectivity index (χ0n) is 14.6. The molecule has 0 fully saturated rings. The van der Waals surface area contributed by atoms with Crippen LogP contribution in [0.4, 0.5) is 17.6 Å². The Morgan fingerprint density at radius 2 is 1.72 bits per heavy atom. The van der Waals surface area contributed by atoms with Gasteiger partial charge in [0.15, 0.2) is 5.69 Å². The molecule has 0 aliphatic carbocycles. The lowest BCUT2D eigenvalue weighted by molar-refractivity contribution is -0.137. The Bertz CT molecular complexity index is 1240. The third-order valence-corrected chi connectivity index (χ3v) is 4.21. The number of halogens is 4. The number of nitrogens with zero attached hydrogens (tertiary/aromatic N) is 4. The topological polar surface area (TPSA) is 52.7 Å². The van der Waals surface area contributed by atoms with Crippen molar-refractivity contribution < 1.29 is 17.6 Å². The quantitative estimate of drug-likeness (QED) is 0.484. The lowest BCUT2D eigenvalue weighted by Crippen LogP contribution is -2.15. The van der Waals surface area contributed by atoms with Gasteiger partial charge in [-0.2, -0.15) is 23.4 Å². The largest absolute Gasteiger partial charge is 0.416 e. The molecule has 0 atom stereocenters. The molecule has 0 spiro atoms. The first-order valence-electron chi connectivity index (χ1n) is 8.41. The van der Waals surface area contributed by atoms with Gasteiger partial charge in [-0.3, -0.25) is 4.79 Å². The summed E-state index contributed by atoms with van der Waals surface area (Å²) in [5.74, 6) is -0.549. The first kappa shape index (κ1) is 18.6. The summed E-state index contributed by atoms with van der Waals surface area (Å²) in [4.78, 5) is 12.4. The molecule has 2 aromatic heterocycles. The monoisotopic (exact) mass is 400 g/mol. The zero-order chi connectivity index (χ0) is 20.6. The van der Waals surface area contributed by atoms with E-state index in [2.05, 4.69) is 10.2 Å². The van der Waals surface area contributed by atoms with Crippen LogP contribution in [0.1, 0.15) is 5.56 Å². The van der Waals surface area contributed by atoms with Gasteiger partial charge >= 0.3 is 6.18 Å². The van der Waals surface area contributed by atoms with Gasteiger partial charge in [-0.25, -0.2) is 13.8 Å². The number of para-hydroxylation sites is 1. The van der Waals surface area contributed by atoms with Crippen molar-refractivity contribution in [2.45, 2.75) is 6.18 Å². The number of benzene rings is 2. The SMILES string of the molecule is O=c1ccn(-c2cccc(C(F)(F)F)c2)nc1-c1ccnn1-c1ccccc1F. The van der Waals surface area contributed by atoms with E-state index in [0.29, 0.717) is 0 Å². The minimum Gasteiger partial charge on any atom is -0.287 e. The van der Waals surface area contributed by atoms with Crippen LogP contribution in [0.5, 0.6) is 0 Å². The third kappa shape index (κ3) is 3.54. The van der Waals surface area contributed by atoms with E-state index in [0.717, 1.165) is 16.8 Å². The molecule has 5 nitrogen and oxygen atoms in total. The maximum Gasteiger partial charge on any atom is 0.416 e. The van der Waals surface area contributed by atoms with Crippen molar-refractivity contribution in [3.8, 4) is 22.8 Å². The van der Waals surface area contributed by atoms with Crippen LogP contribution in [-0.4, -0.2) is 19.6 Å². The maximum atomic E-state index is 14.2. The fourth-order valence-electron chi connectivity index (χ4n) is 2.85. The molecule has 9 heteroatoms. The van der Waals surface area contributed by atoms with E-state index in [1.165, 1.54) is 59.5 Å². The number of hydrogen-bond acceptors (Lipinski definition) is 3. The summed E-state index contributed by atoms with van der Waals surface area (Å²) in [6.45, 7) is 0. The molecular formula is C20H12F4N4O. The average Bonchev–Trinajstić information content (AvgIpc) is 3.17.